The summed E-state index contributed by atoms with van der Waals surface area (Å²) in [5, 5.41) is 9.08. The molecule has 0 fully saturated rings. The lowest BCUT2D eigenvalue weighted by atomic mass is 10.0. The first-order chi connectivity index (χ1) is 13.4. The van der Waals surface area contributed by atoms with Gasteiger partial charge < -0.3 is 14.6 Å². The van der Waals surface area contributed by atoms with Crippen LogP contribution in [0.4, 0.5) is 0 Å². The van der Waals surface area contributed by atoms with E-state index >= 15 is 0 Å². The van der Waals surface area contributed by atoms with Crippen LogP contribution in [0.25, 0.3) is 0 Å². The Bertz CT molecular complexity index is 435. The molecular formula is C22H40O6. The fourth-order valence-corrected chi connectivity index (χ4v) is 3.21. The van der Waals surface area contributed by atoms with E-state index < -0.39 is 30.1 Å². The highest BCUT2D eigenvalue weighted by Crippen LogP contribution is 2.16. The molecule has 28 heavy (non-hydrogen) atoms. The number of aliphatic carboxylic acids is 1. The average Bonchev–Trinajstić information content (AvgIpc) is 2.59. The van der Waals surface area contributed by atoms with Crippen LogP contribution < -0.4 is 0 Å². The first-order valence-corrected chi connectivity index (χ1v) is 11.0. The van der Waals surface area contributed by atoms with E-state index in [9.17, 15) is 14.4 Å². The maximum Gasteiger partial charge on any atom is 0.309 e. The van der Waals surface area contributed by atoms with Gasteiger partial charge in [-0.05, 0) is 25.7 Å². The van der Waals surface area contributed by atoms with Crippen molar-refractivity contribution < 1.29 is 29.0 Å². The van der Waals surface area contributed by atoms with Crippen LogP contribution in [0.2, 0.25) is 0 Å². The predicted octanol–water partition coefficient (Wildman–Crippen LogP) is 5.42. The van der Waals surface area contributed by atoms with Crippen LogP contribution in [0.3, 0.4) is 0 Å². The van der Waals surface area contributed by atoms with E-state index in [1.807, 2.05) is 0 Å². The number of carboxylic acid groups (broad SMARTS) is 1. The molecule has 0 aliphatic heterocycles. The zero-order chi connectivity index (χ0) is 21.2. The number of carbonyl (C=O) groups is 3. The molecule has 0 aromatic rings. The second kappa shape index (κ2) is 17.5. The van der Waals surface area contributed by atoms with E-state index in [2.05, 4.69) is 13.8 Å². The summed E-state index contributed by atoms with van der Waals surface area (Å²) < 4.78 is 10.6. The Morgan fingerprint density at radius 2 is 1.18 bits per heavy atom. The standard InChI is InChI=1S/C22H40O6/c1-4-6-8-9-10-11-13-15-19(16-21(24)25)28-22(26)17-20(27-18(3)23)14-12-7-5-2/h19-20H,4-17H2,1-3H3,(H,24,25)/t19-,20-/m1/s1. The minimum Gasteiger partial charge on any atom is -0.481 e. The van der Waals surface area contributed by atoms with Crippen LogP contribution in [0.1, 0.15) is 111 Å². The molecule has 164 valence electrons. The summed E-state index contributed by atoms with van der Waals surface area (Å²) in [5.41, 5.74) is 0. The van der Waals surface area contributed by atoms with Crippen LogP contribution in [-0.4, -0.2) is 35.2 Å². The second-order valence-electron chi connectivity index (χ2n) is 7.55. The highest BCUT2D eigenvalue weighted by atomic mass is 16.6. The fraction of sp³-hybridized carbons (Fsp3) is 0.864. The van der Waals surface area contributed by atoms with Gasteiger partial charge in [0.05, 0.1) is 12.8 Å². The fourth-order valence-electron chi connectivity index (χ4n) is 3.21. The quantitative estimate of drug-likeness (QED) is 0.244. The summed E-state index contributed by atoms with van der Waals surface area (Å²) in [6, 6.07) is 0. The van der Waals surface area contributed by atoms with E-state index in [4.69, 9.17) is 14.6 Å². The van der Waals surface area contributed by atoms with Crippen molar-refractivity contribution in [3.63, 3.8) is 0 Å². The van der Waals surface area contributed by atoms with Crippen LogP contribution in [0, 0.1) is 0 Å². The van der Waals surface area contributed by atoms with Crippen molar-refractivity contribution in [2.45, 2.75) is 123 Å². The molecule has 0 spiro atoms. The van der Waals surface area contributed by atoms with Gasteiger partial charge in [0.25, 0.3) is 0 Å². The monoisotopic (exact) mass is 400 g/mol. The molecule has 0 amide bonds. The minimum atomic E-state index is -0.972. The molecule has 0 heterocycles. The zero-order valence-electron chi connectivity index (χ0n) is 18.0. The molecule has 0 bridgehead atoms. The largest absolute Gasteiger partial charge is 0.481 e. The maximum absolute atomic E-state index is 12.3. The molecule has 0 saturated heterocycles. The van der Waals surface area contributed by atoms with E-state index in [0.29, 0.717) is 12.8 Å². The SMILES string of the molecule is CCCCCCCCC[C@H](CC(=O)O)OC(=O)C[C@@H](CCCCC)OC(C)=O. The number of unbranched alkanes of at least 4 members (excludes halogenated alkanes) is 8. The lowest BCUT2D eigenvalue weighted by Gasteiger charge is -2.20. The van der Waals surface area contributed by atoms with Crippen LogP contribution >= 0.6 is 0 Å². The molecule has 0 aromatic carbocycles. The minimum absolute atomic E-state index is 0.0174. The van der Waals surface area contributed by atoms with Crippen molar-refractivity contribution in [2.24, 2.45) is 0 Å². The molecule has 0 aromatic heterocycles. The summed E-state index contributed by atoms with van der Waals surface area (Å²) in [7, 11) is 0. The molecule has 0 rings (SSSR count). The van der Waals surface area contributed by atoms with Gasteiger partial charge in [0.15, 0.2) is 0 Å². The van der Waals surface area contributed by atoms with Gasteiger partial charge in [-0.25, -0.2) is 0 Å². The van der Waals surface area contributed by atoms with Crippen molar-refractivity contribution in [1.29, 1.82) is 0 Å². The number of esters is 2. The van der Waals surface area contributed by atoms with Gasteiger partial charge in [-0.1, -0.05) is 65.2 Å². The van der Waals surface area contributed by atoms with Gasteiger partial charge in [-0.3, -0.25) is 14.4 Å². The molecule has 6 nitrogen and oxygen atoms in total. The number of carbonyl (C=O) groups excluding carboxylic acids is 2. The number of ether oxygens (including phenoxy) is 2. The van der Waals surface area contributed by atoms with Crippen molar-refractivity contribution in [1.82, 2.24) is 0 Å². The van der Waals surface area contributed by atoms with E-state index in [1.165, 1.54) is 32.6 Å². The summed E-state index contributed by atoms with van der Waals surface area (Å²) in [6.07, 6.45) is 10.7. The van der Waals surface area contributed by atoms with E-state index in [1.54, 1.807) is 0 Å². The summed E-state index contributed by atoms with van der Waals surface area (Å²) in [6.45, 7) is 5.59. The van der Waals surface area contributed by atoms with Gasteiger partial charge in [-0.2, -0.15) is 0 Å². The van der Waals surface area contributed by atoms with Gasteiger partial charge in [0.1, 0.15) is 12.2 Å². The highest BCUT2D eigenvalue weighted by molar-refractivity contribution is 5.72. The first kappa shape index (κ1) is 26.4. The Morgan fingerprint density at radius 3 is 1.71 bits per heavy atom. The van der Waals surface area contributed by atoms with Gasteiger partial charge in [-0.15, -0.1) is 0 Å². The van der Waals surface area contributed by atoms with Gasteiger partial charge >= 0.3 is 17.9 Å². The van der Waals surface area contributed by atoms with Crippen molar-refractivity contribution in [3.8, 4) is 0 Å². The third-order valence-electron chi connectivity index (χ3n) is 4.69. The third kappa shape index (κ3) is 16.6. The lowest BCUT2D eigenvalue weighted by molar-refractivity contribution is -0.158. The molecule has 0 aliphatic carbocycles. The van der Waals surface area contributed by atoms with Gasteiger partial charge in [0, 0.05) is 6.92 Å². The molecule has 0 radical (unpaired) electrons. The summed E-state index contributed by atoms with van der Waals surface area (Å²) >= 11 is 0. The summed E-state index contributed by atoms with van der Waals surface area (Å²) in [4.78, 5) is 34.6. The Kier molecular flexibility index (Phi) is 16.5. The lowest BCUT2D eigenvalue weighted by Crippen LogP contribution is -2.26. The Morgan fingerprint density at radius 1 is 0.714 bits per heavy atom. The van der Waals surface area contributed by atoms with Crippen LogP contribution in [0.15, 0.2) is 0 Å². The van der Waals surface area contributed by atoms with Crippen LogP contribution in [-0.2, 0) is 23.9 Å². The Balaban J connectivity index is 4.38. The molecule has 0 unspecified atom stereocenters. The van der Waals surface area contributed by atoms with E-state index in [-0.39, 0.29) is 12.8 Å². The number of hydrogen-bond donors (Lipinski definition) is 1. The molecule has 0 saturated carbocycles. The van der Waals surface area contributed by atoms with E-state index in [0.717, 1.165) is 38.5 Å². The number of carboxylic acids is 1. The highest BCUT2D eigenvalue weighted by Gasteiger charge is 2.22. The Labute approximate surface area is 170 Å². The zero-order valence-corrected chi connectivity index (χ0v) is 18.0. The summed E-state index contributed by atoms with van der Waals surface area (Å²) in [5.74, 6) is -1.88. The molecule has 2 atom stereocenters. The molecule has 6 heteroatoms. The molecule has 1 N–H and O–H groups in total. The second-order valence-corrected chi connectivity index (χ2v) is 7.55. The predicted molar refractivity (Wildman–Crippen MR) is 109 cm³/mol. The number of hydrogen-bond acceptors (Lipinski definition) is 5. The normalized spacial score (nSPS) is 13.0. The molecular weight excluding hydrogens is 360 g/mol. The first-order valence-electron chi connectivity index (χ1n) is 11.0. The average molecular weight is 401 g/mol. The van der Waals surface area contributed by atoms with Crippen molar-refractivity contribution in [3.05, 3.63) is 0 Å². The van der Waals surface area contributed by atoms with Crippen molar-refractivity contribution >= 4 is 17.9 Å². The smallest absolute Gasteiger partial charge is 0.309 e. The third-order valence-corrected chi connectivity index (χ3v) is 4.69. The van der Waals surface area contributed by atoms with Gasteiger partial charge in [0.2, 0.25) is 0 Å². The topological polar surface area (TPSA) is 89.9 Å². The maximum atomic E-state index is 12.3. The van der Waals surface area contributed by atoms with Crippen LogP contribution in [0.5, 0.6) is 0 Å². The van der Waals surface area contributed by atoms with Crippen molar-refractivity contribution in [2.75, 3.05) is 0 Å². The molecule has 0 aliphatic rings. The Hall–Kier alpha value is -1.59. The number of rotatable bonds is 18.